The Bertz CT molecular complexity index is 398. The summed E-state index contributed by atoms with van der Waals surface area (Å²) in [7, 11) is 0.133. The lowest BCUT2D eigenvalue weighted by molar-refractivity contribution is 0.340. The molecule has 0 saturated heterocycles. The van der Waals surface area contributed by atoms with Crippen LogP contribution in [0.5, 0.6) is 0 Å². The zero-order valence-corrected chi connectivity index (χ0v) is 16.6. The molecule has 0 amide bonds. The van der Waals surface area contributed by atoms with E-state index in [0.29, 0.717) is 0 Å². The predicted octanol–water partition coefficient (Wildman–Crippen LogP) is 3.03. The molecular formula is C16H32N2OSi2. The van der Waals surface area contributed by atoms with E-state index in [4.69, 9.17) is 4.43 Å². The Morgan fingerprint density at radius 2 is 1.52 bits per heavy atom. The van der Waals surface area contributed by atoms with E-state index in [-0.39, 0.29) is 0 Å². The van der Waals surface area contributed by atoms with E-state index < -0.39 is 16.9 Å². The number of hydrogen-bond donors (Lipinski definition) is 1. The van der Waals surface area contributed by atoms with Crippen molar-refractivity contribution >= 4 is 22.1 Å². The standard InChI is InChI=1S/C16H32N2OSi2/c1-7-18(20(8-2,9-3)10-4)21(17-5,19-6)16-14-12-11-13-15-16/h11-15,17H,7-10H2,1-6H3. The summed E-state index contributed by atoms with van der Waals surface area (Å²) < 4.78 is 8.99. The Morgan fingerprint density at radius 3 is 1.86 bits per heavy atom. The maximum atomic E-state index is 6.23. The molecule has 1 unspecified atom stereocenters. The van der Waals surface area contributed by atoms with Crippen molar-refractivity contribution in [3.63, 3.8) is 0 Å². The highest BCUT2D eigenvalue weighted by Crippen LogP contribution is 2.28. The SMILES string of the molecule is CCN([Si](CC)(CC)CC)[Si](NC)(OC)c1ccccc1. The van der Waals surface area contributed by atoms with Crippen LogP contribution in [0.15, 0.2) is 30.3 Å². The van der Waals surface area contributed by atoms with Gasteiger partial charge in [0.05, 0.1) is 0 Å². The Labute approximate surface area is 133 Å². The van der Waals surface area contributed by atoms with Crippen molar-refractivity contribution in [1.29, 1.82) is 0 Å². The summed E-state index contributed by atoms with van der Waals surface area (Å²) in [4.78, 5) is 3.62. The number of hydrogen-bond acceptors (Lipinski definition) is 3. The summed E-state index contributed by atoms with van der Waals surface area (Å²) >= 11 is 0. The molecule has 21 heavy (non-hydrogen) atoms. The van der Waals surface area contributed by atoms with Gasteiger partial charge in [-0.05, 0) is 36.9 Å². The molecule has 0 aliphatic heterocycles. The Kier molecular flexibility index (Phi) is 7.29. The van der Waals surface area contributed by atoms with Gasteiger partial charge in [-0.2, -0.15) is 0 Å². The van der Waals surface area contributed by atoms with Crippen LogP contribution < -0.4 is 10.2 Å². The van der Waals surface area contributed by atoms with Crippen molar-refractivity contribution in [3.05, 3.63) is 30.3 Å². The van der Waals surface area contributed by atoms with Gasteiger partial charge in [-0.3, -0.25) is 0 Å². The molecule has 0 heterocycles. The fraction of sp³-hybridized carbons (Fsp3) is 0.625. The lowest BCUT2D eigenvalue weighted by Crippen LogP contribution is -2.78. The van der Waals surface area contributed by atoms with Crippen molar-refractivity contribution in [2.24, 2.45) is 0 Å². The molecule has 0 aliphatic rings. The van der Waals surface area contributed by atoms with E-state index in [1.165, 1.54) is 23.3 Å². The molecule has 3 nitrogen and oxygen atoms in total. The number of benzene rings is 1. The van der Waals surface area contributed by atoms with Gasteiger partial charge in [-0.1, -0.05) is 58.0 Å². The second-order valence-corrected chi connectivity index (χ2v) is 14.4. The average Bonchev–Trinajstić information content (AvgIpc) is 2.57. The molecule has 5 heteroatoms. The fourth-order valence-electron chi connectivity index (χ4n) is 3.64. The van der Waals surface area contributed by atoms with Gasteiger partial charge in [-0.15, -0.1) is 0 Å². The zero-order chi connectivity index (χ0) is 15.9. The maximum Gasteiger partial charge on any atom is 0.382 e. The molecule has 0 aliphatic carbocycles. The summed E-state index contributed by atoms with van der Waals surface area (Å²) in [5, 5.41) is 1.32. The number of nitrogens with one attached hydrogen (secondary N) is 1. The Balaban J connectivity index is 3.42. The molecule has 1 atom stereocenters. The van der Waals surface area contributed by atoms with Crippen LogP contribution in [0, 0.1) is 0 Å². The Morgan fingerprint density at radius 1 is 1.00 bits per heavy atom. The first-order valence-corrected chi connectivity index (χ1v) is 12.6. The maximum absolute atomic E-state index is 6.23. The third-order valence-corrected chi connectivity index (χ3v) is 16.3. The Hall–Kier alpha value is -0.466. The van der Waals surface area contributed by atoms with Gasteiger partial charge >= 0.3 is 8.64 Å². The number of rotatable bonds is 9. The van der Waals surface area contributed by atoms with E-state index in [9.17, 15) is 0 Å². The molecule has 0 saturated carbocycles. The van der Waals surface area contributed by atoms with Crippen LogP contribution in [0.4, 0.5) is 0 Å². The molecule has 1 N–H and O–H groups in total. The first-order chi connectivity index (χ1) is 10.1. The van der Waals surface area contributed by atoms with Gasteiger partial charge in [0, 0.05) is 7.11 Å². The highest BCUT2D eigenvalue weighted by Gasteiger charge is 2.50. The monoisotopic (exact) mass is 324 g/mol. The third kappa shape index (κ3) is 3.32. The van der Waals surface area contributed by atoms with Crippen molar-refractivity contribution in [3.8, 4) is 0 Å². The van der Waals surface area contributed by atoms with Gasteiger partial charge in [0.2, 0.25) is 0 Å². The van der Waals surface area contributed by atoms with Gasteiger partial charge in [-0.25, -0.2) is 0 Å². The quantitative estimate of drug-likeness (QED) is 0.707. The van der Waals surface area contributed by atoms with Crippen LogP contribution >= 0.6 is 0 Å². The molecular weight excluding hydrogens is 292 g/mol. The molecule has 120 valence electrons. The van der Waals surface area contributed by atoms with Gasteiger partial charge in [0.25, 0.3) is 0 Å². The van der Waals surface area contributed by atoms with E-state index in [2.05, 4.69) is 74.3 Å². The van der Waals surface area contributed by atoms with Crippen molar-refractivity contribution < 1.29 is 4.43 Å². The second-order valence-electron chi connectivity index (χ2n) is 5.49. The minimum Gasteiger partial charge on any atom is -0.392 e. The summed E-state index contributed by atoms with van der Waals surface area (Å²) in [5.74, 6) is 0. The molecule has 1 rings (SSSR count). The summed E-state index contributed by atoms with van der Waals surface area (Å²) in [6, 6.07) is 14.6. The second kappa shape index (κ2) is 8.24. The van der Waals surface area contributed by atoms with E-state index in [1.807, 2.05) is 7.11 Å². The third-order valence-electron chi connectivity index (χ3n) is 5.04. The van der Waals surface area contributed by atoms with Crippen LogP contribution in [0.1, 0.15) is 27.7 Å². The molecule has 0 radical (unpaired) electrons. The highest BCUT2D eigenvalue weighted by molar-refractivity contribution is 6.95. The van der Waals surface area contributed by atoms with E-state index in [0.717, 1.165) is 6.54 Å². The molecule has 0 aromatic heterocycles. The lowest BCUT2D eigenvalue weighted by atomic mass is 10.4. The predicted molar refractivity (Wildman–Crippen MR) is 97.5 cm³/mol. The van der Waals surface area contributed by atoms with Crippen LogP contribution in [0.3, 0.4) is 0 Å². The zero-order valence-electron chi connectivity index (χ0n) is 14.6. The largest absolute Gasteiger partial charge is 0.392 e. The summed E-state index contributed by atoms with van der Waals surface area (Å²) in [6.45, 7) is 10.4. The number of nitrogens with zero attached hydrogens (tertiary/aromatic N) is 1. The molecule has 1 aromatic rings. The van der Waals surface area contributed by atoms with E-state index >= 15 is 0 Å². The molecule has 0 spiro atoms. The summed E-state index contributed by atoms with van der Waals surface area (Å²) in [5.41, 5.74) is 0. The minimum absolute atomic E-state index is 1.05. The van der Waals surface area contributed by atoms with Gasteiger partial charge in [0.15, 0.2) is 0 Å². The first kappa shape index (κ1) is 18.6. The van der Waals surface area contributed by atoms with Crippen molar-refractivity contribution in [2.75, 3.05) is 20.7 Å². The van der Waals surface area contributed by atoms with Crippen molar-refractivity contribution in [1.82, 2.24) is 9.21 Å². The summed E-state index contributed by atoms with van der Waals surface area (Å²) in [6.07, 6.45) is 0. The van der Waals surface area contributed by atoms with Crippen LogP contribution in [-0.4, -0.2) is 41.8 Å². The van der Waals surface area contributed by atoms with Crippen LogP contribution in [-0.2, 0) is 4.43 Å². The van der Waals surface area contributed by atoms with Gasteiger partial charge in [0.1, 0.15) is 8.24 Å². The van der Waals surface area contributed by atoms with Gasteiger partial charge < -0.3 is 13.6 Å². The highest BCUT2D eigenvalue weighted by atomic mass is 28.4. The topological polar surface area (TPSA) is 24.5 Å². The molecule has 0 bridgehead atoms. The van der Waals surface area contributed by atoms with Crippen LogP contribution in [0.2, 0.25) is 18.1 Å². The minimum atomic E-state index is -2.30. The van der Waals surface area contributed by atoms with Crippen LogP contribution in [0.25, 0.3) is 0 Å². The van der Waals surface area contributed by atoms with Crippen molar-refractivity contribution in [2.45, 2.75) is 45.8 Å². The average molecular weight is 325 g/mol. The smallest absolute Gasteiger partial charge is 0.382 e. The van der Waals surface area contributed by atoms with E-state index in [1.54, 1.807) is 0 Å². The normalized spacial score (nSPS) is 15.2. The first-order valence-electron chi connectivity index (χ1n) is 8.18. The fourth-order valence-corrected chi connectivity index (χ4v) is 14.7. The molecule has 1 aromatic carbocycles. The molecule has 0 fully saturated rings. The lowest BCUT2D eigenvalue weighted by Gasteiger charge is -2.50.